The average molecular weight is 260 g/mol. The van der Waals surface area contributed by atoms with Crippen LogP contribution < -0.4 is 0 Å². The lowest BCUT2D eigenvalue weighted by Gasteiger charge is -2.39. The first kappa shape index (κ1) is 12.8. The number of halogens is 1. The molecule has 0 aliphatic carbocycles. The fraction of sp³-hybridized carbons (Fsp3) is 0.500. The molecule has 19 heavy (non-hydrogen) atoms. The van der Waals surface area contributed by atoms with Crippen LogP contribution >= 0.6 is 0 Å². The van der Waals surface area contributed by atoms with Gasteiger partial charge in [0.15, 0.2) is 0 Å². The molecule has 0 amide bonds. The zero-order valence-corrected chi connectivity index (χ0v) is 11.3. The van der Waals surface area contributed by atoms with E-state index >= 15 is 0 Å². The van der Waals surface area contributed by atoms with Gasteiger partial charge in [0.1, 0.15) is 5.82 Å². The van der Waals surface area contributed by atoms with Gasteiger partial charge in [0.2, 0.25) is 0 Å². The minimum absolute atomic E-state index is 0.157. The van der Waals surface area contributed by atoms with E-state index in [1.165, 1.54) is 43.5 Å². The van der Waals surface area contributed by atoms with Crippen LogP contribution in [0.3, 0.4) is 0 Å². The van der Waals surface area contributed by atoms with E-state index in [9.17, 15) is 4.39 Å². The Morgan fingerprint density at radius 1 is 0.842 bits per heavy atom. The summed E-state index contributed by atoms with van der Waals surface area (Å²) in [5.41, 5.74) is 2.52. The van der Waals surface area contributed by atoms with Gasteiger partial charge in [-0.05, 0) is 42.5 Å². The second-order valence-electron chi connectivity index (χ2n) is 5.41. The van der Waals surface area contributed by atoms with Gasteiger partial charge in [-0.25, -0.2) is 14.4 Å². The largest absolute Gasteiger partial charge is 0.241 e. The number of nitrogens with zero attached hydrogens (tertiary/aromatic N) is 2. The number of benzene rings is 1. The summed E-state index contributed by atoms with van der Waals surface area (Å²) >= 11 is 0. The van der Waals surface area contributed by atoms with Gasteiger partial charge in [-0.3, -0.25) is 0 Å². The van der Waals surface area contributed by atoms with Crippen molar-refractivity contribution >= 4 is 5.57 Å². The summed E-state index contributed by atoms with van der Waals surface area (Å²) in [4.78, 5) is 0. The van der Waals surface area contributed by atoms with E-state index in [0.717, 1.165) is 19.5 Å². The molecular formula is C16H21FN2. The van der Waals surface area contributed by atoms with Crippen LogP contribution in [0, 0.1) is 5.82 Å². The van der Waals surface area contributed by atoms with Crippen LogP contribution in [0.1, 0.15) is 31.2 Å². The molecule has 0 unspecified atom stereocenters. The zero-order valence-electron chi connectivity index (χ0n) is 11.3. The Morgan fingerprint density at radius 3 is 2.21 bits per heavy atom. The fourth-order valence-electron chi connectivity index (χ4n) is 3.00. The third kappa shape index (κ3) is 3.04. The average Bonchev–Trinajstić information content (AvgIpc) is 2.49. The van der Waals surface area contributed by atoms with Crippen molar-refractivity contribution in [3.63, 3.8) is 0 Å². The van der Waals surface area contributed by atoms with E-state index in [4.69, 9.17) is 0 Å². The predicted molar refractivity (Wildman–Crippen MR) is 76.0 cm³/mol. The van der Waals surface area contributed by atoms with E-state index < -0.39 is 0 Å². The summed E-state index contributed by atoms with van der Waals surface area (Å²) in [6, 6.07) is 6.87. The van der Waals surface area contributed by atoms with Gasteiger partial charge < -0.3 is 0 Å². The third-order valence-electron chi connectivity index (χ3n) is 4.14. The van der Waals surface area contributed by atoms with Crippen molar-refractivity contribution in [3.8, 4) is 0 Å². The summed E-state index contributed by atoms with van der Waals surface area (Å²) in [5.74, 6) is -0.157. The Hall–Kier alpha value is -1.19. The molecule has 2 aliphatic rings. The van der Waals surface area contributed by atoms with Crippen LogP contribution in [0.5, 0.6) is 0 Å². The van der Waals surface area contributed by atoms with Gasteiger partial charge in [0.25, 0.3) is 0 Å². The van der Waals surface area contributed by atoms with Gasteiger partial charge in [0, 0.05) is 26.2 Å². The van der Waals surface area contributed by atoms with Gasteiger partial charge in [-0.15, -0.1) is 0 Å². The van der Waals surface area contributed by atoms with Crippen LogP contribution in [-0.2, 0) is 0 Å². The Morgan fingerprint density at radius 2 is 1.58 bits per heavy atom. The molecular weight excluding hydrogens is 239 g/mol. The molecule has 3 rings (SSSR count). The third-order valence-corrected chi connectivity index (χ3v) is 4.14. The summed E-state index contributed by atoms with van der Waals surface area (Å²) in [7, 11) is 0. The van der Waals surface area contributed by atoms with E-state index in [2.05, 4.69) is 16.1 Å². The molecule has 0 atom stereocenters. The molecule has 0 bridgehead atoms. The maximum atomic E-state index is 12.9. The Bertz CT molecular complexity index is 446. The summed E-state index contributed by atoms with van der Waals surface area (Å²) in [6.07, 6.45) is 7.38. The van der Waals surface area contributed by atoms with Gasteiger partial charge in [0.05, 0.1) is 0 Å². The number of hydrogen-bond donors (Lipinski definition) is 0. The van der Waals surface area contributed by atoms with E-state index in [1.807, 2.05) is 12.1 Å². The molecule has 0 N–H and O–H groups in total. The van der Waals surface area contributed by atoms with E-state index in [0.29, 0.717) is 0 Å². The summed E-state index contributed by atoms with van der Waals surface area (Å²) < 4.78 is 12.9. The first-order chi connectivity index (χ1) is 9.33. The van der Waals surface area contributed by atoms with Crippen molar-refractivity contribution in [2.45, 2.75) is 25.7 Å². The lowest BCUT2D eigenvalue weighted by atomic mass is 10.00. The summed E-state index contributed by atoms with van der Waals surface area (Å²) in [6.45, 7) is 4.50. The minimum atomic E-state index is -0.157. The fourth-order valence-corrected chi connectivity index (χ4v) is 3.00. The van der Waals surface area contributed by atoms with Gasteiger partial charge in [-0.2, -0.15) is 0 Å². The molecule has 3 heteroatoms. The van der Waals surface area contributed by atoms with Crippen LogP contribution in [0.25, 0.3) is 5.57 Å². The second kappa shape index (κ2) is 5.85. The number of hydrogen-bond acceptors (Lipinski definition) is 2. The Labute approximate surface area is 114 Å². The highest BCUT2D eigenvalue weighted by molar-refractivity contribution is 5.66. The molecule has 102 valence electrons. The van der Waals surface area contributed by atoms with Crippen molar-refractivity contribution in [3.05, 3.63) is 41.7 Å². The predicted octanol–water partition coefficient (Wildman–Crippen LogP) is 3.32. The molecule has 0 spiro atoms. The molecule has 0 radical (unpaired) electrons. The lowest BCUT2D eigenvalue weighted by molar-refractivity contribution is -0.0304. The van der Waals surface area contributed by atoms with Crippen molar-refractivity contribution in [2.24, 2.45) is 0 Å². The lowest BCUT2D eigenvalue weighted by Crippen LogP contribution is -2.47. The molecule has 2 nitrogen and oxygen atoms in total. The molecule has 2 heterocycles. The van der Waals surface area contributed by atoms with Gasteiger partial charge in [-0.1, -0.05) is 24.6 Å². The topological polar surface area (TPSA) is 6.48 Å². The monoisotopic (exact) mass is 260 g/mol. The van der Waals surface area contributed by atoms with Crippen molar-refractivity contribution in [2.75, 3.05) is 26.2 Å². The molecule has 1 aromatic carbocycles. The maximum absolute atomic E-state index is 12.9. The SMILES string of the molecule is Fc1ccc(C2=CCN(N3CCCCC3)CC2)cc1. The smallest absolute Gasteiger partial charge is 0.123 e. The first-order valence-electron chi connectivity index (χ1n) is 7.28. The van der Waals surface area contributed by atoms with E-state index in [1.54, 1.807) is 12.1 Å². The molecule has 1 saturated heterocycles. The van der Waals surface area contributed by atoms with Crippen LogP contribution in [0.15, 0.2) is 30.3 Å². The van der Waals surface area contributed by atoms with Crippen LogP contribution in [0.4, 0.5) is 4.39 Å². The standard InChI is InChI=1S/C16H21FN2/c17-16-6-4-14(5-7-16)15-8-12-19(13-9-15)18-10-2-1-3-11-18/h4-8H,1-3,9-13H2. The highest BCUT2D eigenvalue weighted by atomic mass is 19.1. The molecule has 2 aliphatic heterocycles. The zero-order chi connectivity index (χ0) is 13.1. The first-order valence-corrected chi connectivity index (χ1v) is 7.28. The molecule has 0 aromatic heterocycles. The Balaban J connectivity index is 1.64. The Kier molecular flexibility index (Phi) is 3.95. The van der Waals surface area contributed by atoms with E-state index in [-0.39, 0.29) is 5.82 Å². The normalized spacial score (nSPS) is 22.3. The quantitative estimate of drug-likeness (QED) is 0.805. The van der Waals surface area contributed by atoms with Gasteiger partial charge >= 0.3 is 0 Å². The molecule has 1 fully saturated rings. The number of rotatable bonds is 2. The molecule has 0 saturated carbocycles. The highest BCUT2D eigenvalue weighted by Crippen LogP contribution is 2.24. The van der Waals surface area contributed by atoms with Crippen molar-refractivity contribution in [1.82, 2.24) is 10.0 Å². The van der Waals surface area contributed by atoms with Crippen molar-refractivity contribution < 1.29 is 4.39 Å². The second-order valence-corrected chi connectivity index (χ2v) is 5.41. The number of piperidine rings is 1. The van der Waals surface area contributed by atoms with Crippen molar-refractivity contribution in [1.29, 1.82) is 0 Å². The summed E-state index contributed by atoms with van der Waals surface area (Å²) in [5, 5.41) is 4.97. The minimum Gasteiger partial charge on any atom is -0.241 e. The number of hydrazine groups is 1. The highest BCUT2D eigenvalue weighted by Gasteiger charge is 2.20. The van der Waals surface area contributed by atoms with Crippen LogP contribution in [-0.4, -0.2) is 36.2 Å². The maximum Gasteiger partial charge on any atom is 0.123 e. The van der Waals surface area contributed by atoms with Crippen LogP contribution in [0.2, 0.25) is 0 Å². The molecule has 1 aromatic rings.